The summed E-state index contributed by atoms with van der Waals surface area (Å²) >= 11 is 0. The summed E-state index contributed by atoms with van der Waals surface area (Å²) in [5.74, 6) is 0. The summed E-state index contributed by atoms with van der Waals surface area (Å²) in [4.78, 5) is 0. The predicted octanol–water partition coefficient (Wildman–Crippen LogP) is 1.75. The van der Waals surface area contributed by atoms with E-state index < -0.39 is 0 Å². The molecule has 0 aliphatic rings. The Balaban J connectivity index is 2.39. The van der Waals surface area contributed by atoms with Crippen LogP contribution in [0.2, 0.25) is 0 Å². The van der Waals surface area contributed by atoms with Gasteiger partial charge in [-0.2, -0.15) is 0 Å². The first kappa shape index (κ1) is 12.2. The van der Waals surface area contributed by atoms with Crippen LogP contribution < -0.4 is 5.73 Å². The molecule has 1 aromatic heterocycles. The van der Waals surface area contributed by atoms with Crippen LogP contribution in [-0.2, 0) is 13.0 Å². The van der Waals surface area contributed by atoms with Gasteiger partial charge in [-0.1, -0.05) is 25.5 Å². The molecule has 0 aliphatic carbocycles. The van der Waals surface area contributed by atoms with Crippen molar-refractivity contribution in [3.8, 4) is 0 Å². The SMILES string of the molecule is CCCC(N)CCc1cnnn1CCC. The van der Waals surface area contributed by atoms with Crippen LogP contribution in [0.4, 0.5) is 0 Å². The fraction of sp³-hybridized carbons (Fsp3) is 0.818. The maximum absolute atomic E-state index is 5.97. The van der Waals surface area contributed by atoms with Crippen LogP contribution in [0.5, 0.6) is 0 Å². The molecule has 86 valence electrons. The minimum Gasteiger partial charge on any atom is -0.328 e. The molecule has 0 aliphatic heterocycles. The second kappa shape index (κ2) is 6.56. The van der Waals surface area contributed by atoms with Gasteiger partial charge in [-0.3, -0.25) is 0 Å². The number of rotatable bonds is 7. The van der Waals surface area contributed by atoms with Crippen LogP contribution >= 0.6 is 0 Å². The Kier molecular flexibility index (Phi) is 5.32. The van der Waals surface area contributed by atoms with E-state index in [-0.39, 0.29) is 0 Å². The predicted molar refractivity (Wildman–Crippen MR) is 61.5 cm³/mol. The molecule has 1 aromatic rings. The molecule has 2 N–H and O–H groups in total. The fourth-order valence-electron chi connectivity index (χ4n) is 1.72. The average molecular weight is 210 g/mol. The normalized spacial score (nSPS) is 13.0. The minimum absolute atomic E-state index is 0.319. The number of aromatic nitrogens is 3. The van der Waals surface area contributed by atoms with Gasteiger partial charge in [-0.25, -0.2) is 4.68 Å². The quantitative estimate of drug-likeness (QED) is 0.746. The summed E-state index contributed by atoms with van der Waals surface area (Å²) in [6.45, 7) is 5.27. The summed E-state index contributed by atoms with van der Waals surface area (Å²) in [6, 6.07) is 0.319. The molecule has 0 spiro atoms. The molecule has 1 heterocycles. The van der Waals surface area contributed by atoms with E-state index in [2.05, 4.69) is 24.2 Å². The van der Waals surface area contributed by atoms with Crippen molar-refractivity contribution in [2.45, 2.75) is 58.5 Å². The van der Waals surface area contributed by atoms with E-state index in [0.717, 1.165) is 38.6 Å². The zero-order chi connectivity index (χ0) is 11.1. The third kappa shape index (κ3) is 4.00. The zero-order valence-corrected chi connectivity index (χ0v) is 9.82. The van der Waals surface area contributed by atoms with E-state index in [0.29, 0.717) is 6.04 Å². The smallest absolute Gasteiger partial charge is 0.0725 e. The van der Waals surface area contributed by atoms with Gasteiger partial charge in [-0.15, -0.1) is 5.10 Å². The molecule has 1 rings (SSSR count). The third-order valence-electron chi connectivity index (χ3n) is 2.56. The Hall–Kier alpha value is -0.900. The van der Waals surface area contributed by atoms with E-state index >= 15 is 0 Å². The Labute approximate surface area is 91.9 Å². The molecule has 1 unspecified atom stereocenters. The molecule has 0 radical (unpaired) electrons. The highest BCUT2D eigenvalue weighted by Crippen LogP contribution is 2.06. The highest BCUT2D eigenvalue weighted by molar-refractivity contribution is 4.94. The maximum Gasteiger partial charge on any atom is 0.0725 e. The Morgan fingerprint density at radius 3 is 2.80 bits per heavy atom. The van der Waals surface area contributed by atoms with Crippen molar-refractivity contribution < 1.29 is 0 Å². The van der Waals surface area contributed by atoms with Crippen molar-refractivity contribution in [2.75, 3.05) is 0 Å². The molecular weight excluding hydrogens is 188 g/mol. The Bertz CT molecular complexity index is 269. The van der Waals surface area contributed by atoms with Gasteiger partial charge in [0, 0.05) is 12.6 Å². The summed E-state index contributed by atoms with van der Waals surface area (Å²) in [7, 11) is 0. The van der Waals surface area contributed by atoms with Crippen molar-refractivity contribution in [2.24, 2.45) is 5.73 Å². The summed E-state index contributed by atoms with van der Waals surface area (Å²) in [6.07, 6.45) is 7.24. The second-order valence-electron chi connectivity index (χ2n) is 4.04. The lowest BCUT2D eigenvalue weighted by Gasteiger charge is -2.10. The first-order valence-electron chi connectivity index (χ1n) is 5.90. The standard InChI is InChI=1S/C11H22N4/c1-3-5-10(12)6-7-11-9-13-14-15(11)8-4-2/h9-10H,3-8,12H2,1-2H3. The first-order valence-corrected chi connectivity index (χ1v) is 5.90. The van der Waals surface area contributed by atoms with Gasteiger partial charge in [0.2, 0.25) is 0 Å². The van der Waals surface area contributed by atoms with Crippen LogP contribution in [0.25, 0.3) is 0 Å². The van der Waals surface area contributed by atoms with E-state index in [4.69, 9.17) is 5.73 Å². The van der Waals surface area contributed by atoms with Crippen LogP contribution in [0, 0.1) is 0 Å². The molecule has 1 atom stereocenters. The first-order chi connectivity index (χ1) is 7.27. The molecule has 0 saturated carbocycles. The Morgan fingerprint density at radius 2 is 2.13 bits per heavy atom. The van der Waals surface area contributed by atoms with Crippen molar-refractivity contribution >= 4 is 0 Å². The molecule has 15 heavy (non-hydrogen) atoms. The van der Waals surface area contributed by atoms with Gasteiger partial charge in [-0.05, 0) is 25.7 Å². The van der Waals surface area contributed by atoms with Gasteiger partial charge in [0.1, 0.15) is 0 Å². The number of nitrogens with two attached hydrogens (primary N) is 1. The van der Waals surface area contributed by atoms with Gasteiger partial charge in [0.25, 0.3) is 0 Å². The molecule has 0 saturated heterocycles. The lowest BCUT2D eigenvalue weighted by atomic mass is 10.1. The van der Waals surface area contributed by atoms with Gasteiger partial charge >= 0.3 is 0 Å². The monoisotopic (exact) mass is 210 g/mol. The fourth-order valence-corrected chi connectivity index (χ4v) is 1.72. The van der Waals surface area contributed by atoms with Gasteiger partial charge in [0.05, 0.1) is 11.9 Å². The lowest BCUT2D eigenvalue weighted by Crippen LogP contribution is -2.20. The Morgan fingerprint density at radius 1 is 1.33 bits per heavy atom. The van der Waals surface area contributed by atoms with Crippen molar-refractivity contribution in [1.82, 2.24) is 15.0 Å². The highest BCUT2D eigenvalue weighted by atomic mass is 15.4. The minimum atomic E-state index is 0.319. The average Bonchev–Trinajstić information content (AvgIpc) is 2.64. The lowest BCUT2D eigenvalue weighted by molar-refractivity contribution is 0.518. The molecule has 0 bridgehead atoms. The molecule has 0 fully saturated rings. The van der Waals surface area contributed by atoms with Crippen molar-refractivity contribution in [1.29, 1.82) is 0 Å². The van der Waals surface area contributed by atoms with E-state index in [1.54, 1.807) is 0 Å². The second-order valence-corrected chi connectivity index (χ2v) is 4.04. The topological polar surface area (TPSA) is 56.7 Å². The summed E-state index contributed by atoms with van der Waals surface area (Å²) < 4.78 is 1.98. The van der Waals surface area contributed by atoms with Gasteiger partial charge < -0.3 is 5.73 Å². The number of aryl methyl sites for hydroxylation is 2. The van der Waals surface area contributed by atoms with Crippen molar-refractivity contribution in [3.63, 3.8) is 0 Å². The summed E-state index contributed by atoms with van der Waals surface area (Å²) in [5, 5.41) is 7.99. The van der Waals surface area contributed by atoms with Crippen LogP contribution in [-0.4, -0.2) is 21.0 Å². The van der Waals surface area contributed by atoms with Crippen LogP contribution in [0.1, 0.15) is 45.2 Å². The van der Waals surface area contributed by atoms with Crippen LogP contribution in [0.15, 0.2) is 6.20 Å². The molecule has 4 heteroatoms. The number of nitrogens with zero attached hydrogens (tertiary/aromatic N) is 3. The van der Waals surface area contributed by atoms with E-state index in [1.807, 2.05) is 10.9 Å². The molecule has 4 nitrogen and oxygen atoms in total. The third-order valence-corrected chi connectivity index (χ3v) is 2.56. The van der Waals surface area contributed by atoms with Crippen LogP contribution in [0.3, 0.4) is 0 Å². The van der Waals surface area contributed by atoms with E-state index in [1.165, 1.54) is 5.69 Å². The molecular formula is C11H22N4. The van der Waals surface area contributed by atoms with Gasteiger partial charge in [0.15, 0.2) is 0 Å². The van der Waals surface area contributed by atoms with E-state index in [9.17, 15) is 0 Å². The highest BCUT2D eigenvalue weighted by Gasteiger charge is 2.06. The van der Waals surface area contributed by atoms with Crippen molar-refractivity contribution in [3.05, 3.63) is 11.9 Å². The largest absolute Gasteiger partial charge is 0.328 e. The molecule has 0 amide bonds. The molecule has 0 aromatic carbocycles. The number of hydrogen-bond donors (Lipinski definition) is 1. The zero-order valence-electron chi connectivity index (χ0n) is 9.82. The summed E-state index contributed by atoms with van der Waals surface area (Å²) in [5.41, 5.74) is 7.19. The maximum atomic E-state index is 5.97. The number of hydrogen-bond acceptors (Lipinski definition) is 3.